The van der Waals surface area contributed by atoms with Gasteiger partial charge in [-0.05, 0) is 19.8 Å². The summed E-state index contributed by atoms with van der Waals surface area (Å²) in [5.41, 5.74) is 1.22. The molecule has 2 aromatic rings. The van der Waals surface area contributed by atoms with Crippen molar-refractivity contribution in [2.45, 2.75) is 40.2 Å². The van der Waals surface area contributed by atoms with Gasteiger partial charge in [0.25, 0.3) is 5.56 Å². The van der Waals surface area contributed by atoms with Crippen molar-refractivity contribution in [2.24, 2.45) is 5.92 Å². The van der Waals surface area contributed by atoms with E-state index < -0.39 is 0 Å². The zero-order valence-corrected chi connectivity index (χ0v) is 12.7. The molecule has 5 nitrogen and oxygen atoms in total. The Balaban J connectivity index is 2.15. The normalized spacial score (nSPS) is 11.2. The average molecular weight is 294 g/mol. The Morgan fingerprint density at radius 3 is 2.80 bits per heavy atom. The molecule has 0 aliphatic carbocycles. The second-order valence-electron chi connectivity index (χ2n) is 4.70. The monoisotopic (exact) mass is 294 g/mol. The maximum Gasteiger partial charge on any atom is 0.309 e. The number of aromatic nitrogens is 2. The highest BCUT2D eigenvalue weighted by Gasteiger charge is 2.16. The first-order valence-electron chi connectivity index (χ1n) is 6.70. The van der Waals surface area contributed by atoms with Crippen LogP contribution in [-0.2, 0) is 16.1 Å². The number of rotatable bonds is 5. The summed E-state index contributed by atoms with van der Waals surface area (Å²) in [6.45, 7) is 5.83. The number of carbonyl (C=O) groups excluding carboxylic acids is 1. The first-order chi connectivity index (χ1) is 9.56. The summed E-state index contributed by atoms with van der Waals surface area (Å²) >= 11 is 1.40. The van der Waals surface area contributed by atoms with Crippen molar-refractivity contribution >= 4 is 22.3 Å². The van der Waals surface area contributed by atoms with Gasteiger partial charge >= 0.3 is 5.97 Å². The Morgan fingerprint density at radius 2 is 2.15 bits per heavy atom. The fraction of sp³-hybridized carbons (Fsp3) is 0.500. The van der Waals surface area contributed by atoms with Crippen molar-refractivity contribution in [1.29, 1.82) is 0 Å². The smallest absolute Gasteiger partial charge is 0.309 e. The largest absolute Gasteiger partial charge is 0.459 e. The number of thiazole rings is 1. The summed E-state index contributed by atoms with van der Waals surface area (Å²) in [5.74, 6) is -0.303. The summed E-state index contributed by atoms with van der Waals surface area (Å²) in [5, 5.41) is 1.88. The molecular formula is C14H18N2O3S. The van der Waals surface area contributed by atoms with Crippen molar-refractivity contribution in [3.63, 3.8) is 0 Å². The van der Waals surface area contributed by atoms with Crippen LogP contribution in [0.3, 0.4) is 0 Å². The summed E-state index contributed by atoms with van der Waals surface area (Å²) in [7, 11) is 0. The van der Waals surface area contributed by atoms with E-state index in [0.717, 1.165) is 18.5 Å². The van der Waals surface area contributed by atoms with Gasteiger partial charge in [-0.2, -0.15) is 0 Å². The Hall–Kier alpha value is -1.69. The highest BCUT2D eigenvalue weighted by Crippen LogP contribution is 2.13. The molecular weight excluding hydrogens is 276 g/mol. The Morgan fingerprint density at radius 1 is 1.45 bits per heavy atom. The molecule has 0 fully saturated rings. The van der Waals surface area contributed by atoms with E-state index in [4.69, 9.17) is 4.74 Å². The summed E-state index contributed by atoms with van der Waals surface area (Å²) in [6.07, 6.45) is 1.52. The van der Waals surface area contributed by atoms with Gasteiger partial charge < -0.3 is 4.74 Å². The summed E-state index contributed by atoms with van der Waals surface area (Å²) in [6, 6.07) is 1.42. The SMILES string of the molecule is CCC(CC)C(=O)OCc1cc(=O)n2c(C)csc2n1. The van der Waals surface area contributed by atoms with E-state index in [0.29, 0.717) is 10.7 Å². The first-order valence-corrected chi connectivity index (χ1v) is 7.58. The molecule has 0 aromatic carbocycles. The van der Waals surface area contributed by atoms with E-state index in [-0.39, 0.29) is 24.1 Å². The third-order valence-electron chi connectivity index (χ3n) is 3.31. The second kappa shape index (κ2) is 6.17. The molecule has 0 spiro atoms. The van der Waals surface area contributed by atoms with E-state index >= 15 is 0 Å². The number of esters is 1. The third-order valence-corrected chi connectivity index (χ3v) is 4.25. The molecule has 0 amide bonds. The van der Waals surface area contributed by atoms with Gasteiger partial charge in [0.2, 0.25) is 0 Å². The number of fused-ring (bicyclic) bond motifs is 1. The van der Waals surface area contributed by atoms with Crippen molar-refractivity contribution in [2.75, 3.05) is 0 Å². The van der Waals surface area contributed by atoms with Gasteiger partial charge in [0.1, 0.15) is 6.61 Å². The number of carbonyl (C=O) groups is 1. The number of hydrogen-bond acceptors (Lipinski definition) is 5. The van der Waals surface area contributed by atoms with Gasteiger partial charge in [-0.1, -0.05) is 13.8 Å². The van der Waals surface area contributed by atoms with Gasteiger partial charge in [0, 0.05) is 17.1 Å². The zero-order valence-electron chi connectivity index (χ0n) is 11.9. The lowest BCUT2D eigenvalue weighted by Gasteiger charge is -2.11. The molecule has 20 heavy (non-hydrogen) atoms. The molecule has 6 heteroatoms. The van der Waals surface area contributed by atoms with E-state index in [1.54, 1.807) is 4.40 Å². The van der Waals surface area contributed by atoms with Gasteiger partial charge in [-0.25, -0.2) is 4.98 Å². The van der Waals surface area contributed by atoms with Crippen molar-refractivity contribution in [3.8, 4) is 0 Å². The third kappa shape index (κ3) is 2.90. The Labute approximate surface area is 121 Å². The van der Waals surface area contributed by atoms with Gasteiger partial charge in [-0.3, -0.25) is 14.0 Å². The van der Waals surface area contributed by atoms with E-state index in [1.807, 2.05) is 26.2 Å². The maximum absolute atomic E-state index is 12.0. The molecule has 0 saturated carbocycles. The van der Waals surface area contributed by atoms with E-state index in [9.17, 15) is 9.59 Å². The van der Waals surface area contributed by atoms with Crippen LogP contribution in [0, 0.1) is 12.8 Å². The number of hydrogen-bond donors (Lipinski definition) is 0. The molecule has 0 aliphatic rings. The standard InChI is InChI=1S/C14H18N2O3S/c1-4-10(5-2)13(18)19-7-11-6-12(17)16-9(3)8-20-14(16)15-11/h6,8,10H,4-5,7H2,1-3H3. The first kappa shape index (κ1) is 14.7. The van der Waals surface area contributed by atoms with Crippen molar-refractivity contribution in [3.05, 3.63) is 33.2 Å². The highest BCUT2D eigenvalue weighted by molar-refractivity contribution is 7.15. The topological polar surface area (TPSA) is 60.7 Å². The molecule has 2 aromatic heterocycles. The summed E-state index contributed by atoms with van der Waals surface area (Å²) < 4.78 is 6.79. The quantitative estimate of drug-likeness (QED) is 0.795. The fourth-order valence-electron chi connectivity index (χ4n) is 2.06. The minimum atomic E-state index is -0.223. The minimum Gasteiger partial charge on any atom is -0.459 e. The van der Waals surface area contributed by atoms with Crippen LogP contribution in [0.25, 0.3) is 4.96 Å². The molecule has 2 heterocycles. The van der Waals surface area contributed by atoms with Crippen LogP contribution in [0.15, 0.2) is 16.2 Å². The van der Waals surface area contributed by atoms with Gasteiger partial charge in [-0.15, -0.1) is 11.3 Å². The van der Waals surface area contributed by atoms with Crippen LogP contribution < -0.4 is 5.56 Å². The summed E-state index contributed by atoms with van der Waals surface area (Å²) in [4.78, 5) is 28.7. The molecule has 2 rings (SSSR count). The molecule has 0 radical (unpaired) electrons. The number of nitrogens with zero attached hydrogens (tertiary/aromatic N) is 2. The molecule has 0 unspecified atom stereocenters. The molecule has 0 atom stereocenters. The predicted molar refractivity (Wildman–Crippen MR) is 77.9 cm³/mol. The van der Waals surface area contributed by atoms with Gasteiger partial charge in [0.05, 0.1) is 11.6 Å². The fourth-order valence-corrected chi connectivity index (χ4v) is 2.95. The van der Waals surface area contributed by atoms with Crippen LogP contribution >= 0.6 is 11.3 Å². The Bertz CT molecular complexity index is 671. The van der Waals surface area contributed by atoms with Crippen LogP contribution in [0.2, 0.25) is 0 Å². The lowest BCUT2D eigenvalue weighted by Crippen LogP contribution is -2.19. The van der Waals surface area contributed by atoms with Crippen LogP contribution in [-0.4, -0.2) is 15.4 Å². The lowest BCUT2D eigenvalue weighted by molar-refractivity contribution is -0.150. The Kier molecular flexibility index (Phi) is 4.54. The van der Waals surface area contributed by atoms with Crippen molar-refractivity contribution in [1.82, 2.24) is 9.38 Å². The predicted octanol–water partition coefficient (Wildman–Crippen LogP) is 2.54. The van der Waals surface area contributed by atoms with E-state index in [2.05, 4.69) is 4.98 Å². The minimum absolute atomic E-state index is 0.0536. The molecule has 0 bridgehead atoms. The maximum atomic E-state index is 12.0. The highest BCUT2D eigenvalue weighted by atomic mass is 32.1. The van der Waals surface area contributed by atoms with Crippen molar-refractivity contribution < 1.29 is 9.53 Å². The molecule has 0 saturated heterocycles. The second-order valence-corrected chi connectivity index (χ2v) is 5.54. The number of ether oxygens (including phenoxy) is 1. The van der Waals surface area contributed by atoms with Crippen LogP contribution in [0.5, 0.6) is 0 Å². The van der Waals surface area contributed by atoms with Crippen LogP contribution in [0.4, 0.5) is 0 Å². The molecule has 108 valence electrons. The molecule has 0 N–H and O–H groups in total. The average Bonchev–Trinajstić information content (AvgIpc) is 2.80. The lowest BCUT2D eigenvalue weighted by atomic mass is 10.0. The molecule has 0 aliphatic heterocycles. The zero-order chi connectivity index (χ0) is 14.7. The number of aryl methyl sites for hydroxylation is 1. The van der Waals surface area contributed by atoms with Crippen LogP contribution in [0.1, 0.15) is 38.1 Å². The van der Waals surface area contributed by atoms with Gasteiger partial charge in [0.15, 0.2) is 4.96 Å². The van der Waals surface area contributed by atoms with E-state index in [1.165, 1.54) is 17.4 Å².